The Morgan fingerprint density at radius 1 is 1.10 bits per heavy atom. The zero-order chi connectivity index (χ0) is 24.0. The fourth-order valence-corrected chi connectivity index (χ4v) is 2.24. The molecule has 1 aromatic rings. The molecule has 1 rings (SSSR count). The summed E-state index contributed by atoms with van der Waals surface area (Å²) in [6, 6.07) is 2.67. The molecule has 1 aromatic heterocycles. The molecule has 3 amide bonds. The summed E-state index contributed by atoms with van der Waals surface area (Å²) < 4.78 is 58.3. The molecule has 0 aliphatic rings. The largest absolute Gasteiger partial charge is 0.444 e. The Balaban J connectivity index is 2.71. The van der Waals surface area contributed by atoms with E-state index in [0.717, 1.165) is 17.0 Å². The number of hydrogen-bond donors (Lipinski definition) is 2. The van der Waals surface area contributed by atoms with Crippen molar-refractivity contribution >= 4 is 17.9 Å². The van der Waals surface area contributed by atoms with Crippen LogP contribution < -0.4 is 10.9 Å². The minimum Gasteiger partial charge on any atom is -0.444 e. The first-order valence-corrected chi connectivity index (χ1v) is 9.37. The van der Waals surface area contributed by atoms with Gasteiger partial charge in [0.05, 0.1) is 0 Å². The standard InChI is InChI=1S/C19H26F4N4O4/c1-6-18(20,10-11-27(5)16(30)31-17(2,3)4)15(29)26-25-14(28)12-8-7-9-13(24-12)19(21,22)23/h7-9H,6,10-11H2,1-5H3,(H,25,28)(H,26,29). The van der Waals surface area contributed by atoms with E-state index in [2.05, 4.69) is 4.98 Å². The number of nitrogens with zero attached hydrogens (tertiary/aromatic N) is 2. The molecule has 0 radical (unpaired) electrons. The zero-order valence-electron chi connectivity index (χ0n) is 17.9. The number of rotatable bonds is 6. The number of ether oxygens (including phenoxy) is 1. The van der Waals surface area contributed by atoms with Crippen LogP contribution in [0.15, 0.2) is 18.2 Å². The van der Waals surface area contributed by atoms with Crippen LogP contribution in [0.2, 0.25) is 0 Å². The van der Waals surface area contributed by atoms with E-state index in [1.807, 2.05) is 10.9 Å². The molecule has 0 fully saturated rings. The topological polar surface area (TPSA) is 101 Å². The van der Waals surface area contributed by atoms with Gasteiger partial charge >= 0.3 is 12.3 Å². The van der Waals surface area contributed by atoms with Gasteiger partial charge in [0.25, 0.3) is 11.8 Å². The zero-order valence-corrected chi connectivity index (χ0v) is 17.9. The summed E-state index contributed by atoms with van der Waals surface area (Å²) in [6.45, 7) is 6.23. The van der Waals surface area contributed by atoms with E-state index in [0.29, 0.717) is 6.07 Å². The maximum atomic E-state index is 15.0. The van der Waals surface area contributed by atoms with Gasteiger partial charge in [-0.15, -0.1) is 0 Å². The predicted octanol–water partition coefficient (Wildman–Crippen LogP) is 3.24. The summed E-state index contributed by atoms with van der Waals surface area (Å²) in [7, 11) is 1.38. The van der Waals surface area contributed by atoms with Gasteiger partial charge in [-0.1, -0.05) is 13.0 Å². The monoisotopic (exact) mass is 450 g/mol. The van der Waals surface area contributed by atoms with Crippen molar-refractivity contribution in [1.29, 1.82) is 0 Å². The van der Waals surface area contributed by atoms with Crippen molar-refractivity contribution in [2.24, 2.45) is 0 Å². The third-order valence-electron chi connectivity index (χ3n) is 4.08. The van der Waals surface area contributed by atoms with Crippen molar-refractivity contribution in [3.63, 3.8) is 0 Å². The number of amides is 3. The van der Waals surface area contributed by atoms with Crippen LogP contribution in [-0.4, -0.2) is 52.7 Å². The quantitative estimate of drug-likeness (QED) is 0.512. The molecule has 0 saturated heterocycles. The lowest BCUT2D eigenvalue weighted by atomic mass is 9.97. The molecule has 1 atom stereocenters. The fourth-order valence-electron chi connectivity index (χ4n) is 2.24. The predicted molar refractivity (Wildman–Crippen MR) is 102 cm³/mol. The van der Waals surface area contributed by atoms with E-state index in [9.17, 15) is 27.6 Å². The van der Waals surface area contributed by atoms with Crippen LogP contribution in [0.4, 0.5) is 22.4 Å². The van der Waals surface area contributed by atoms with Crippen LogP contribution in [0.1, 0.15) is 56.7 Å². The summed E-state index contributed by atoms with van der Waals surface area (Å²) in [5.41, 5.74) is -1.40. The number of alkyl halides is 4. The van der Waals surface area contributed by atoms with Gasteiger partial charge in [0, 0.05) is 20.0 Å². The normalized spacial score (nSPS) is 13.7. The molecule has 0 bridgehead atoms. The summed E-state index contributed by atoms with van der Waals surface area (Å²) in [5, 5.41) is 0. The average molecular weight is 450 g/mol. The third-order valence-corrected chi connectivity index (χ3v) is 4.08. The first-order valence-electron chi connectivity index (χ1n) is 9.37. The molecule has 174 valence electrons. The molecule has 0 saturated carbocycles. The van der Waals surface area contributed by atoms with Gasteiger partial charge in [0.15, 0.2) is 5.67 Å². The van der Waals surface area contributed by atoms with Crippen LogP contribution in [0.3, 0.4) is 0 Å². The first-order chi connectivity index (χ1) is 14.1. The van der Waals surface area contributed by atoms with Crippen molar-refractivity contribution in [1.82, 2.24) is 20.7 Å². The Bertz CT molecular complexity index is 811. The highest BCUT2D eigenvalue weighted by atomic mass is 19.4. The Kier molecular flexibility index (Phi) is 8.36. The van der Waals surface area contributed by atoms with Crippen molar-refractivity contribution in [2.45, 2.75) is 58.0 Å². The number of nitrogens with one attached hydrogen (secondary N) is 2. The molecule has 31 heavy (non-hydrogen) atoms. The van der Waals surface area contributed by atoms with Crippen LogP contribution in [0.5, 0.6) is 0 Å². The van der Waals surface area contributed by atoms with E-state index >= 15 is 4.39 Å². The van der Waals surface area contributed by atoms with Gasteiger partial charge in [-0.3, -0.25) is 20.4 Å². The maximum Gasteiger partial charge on any atom is 0.433 e. The highest BCUT2D eigenvalue weighted by Crippen LogP contribution is 2.27. The number of hydrazine groups is 1. The number of carbonyl (C=O) groups is 3. The number of aromatic nitrogens is 1. The van der Waals surface area contributed by atoms with E-state index in [1.165, 1.54) is 14.0 Å². The second-order valence-electron chi connectivity index (χ2n) is 7.78. The Morgan fingerprint density at radius 2 is 1.71 bits per heavy atom. The molecular formula is C19H26F4N4O4. The van der Waals surface area contributed by atoms with Crippen molar-refractivity contribution in [2.75, 3.05) is 13.6 Å². The second-order valence-corrected chi connectivity index (χ2v) is 7.78. The molecule has 0 aromatic carbocycles. The third kappa shape index (κ3) is 8.02. The Hall–Kier alpha value is -2.92. The minimum atomic E-state index is -4.75. The molecule has 0 aliphatic carbocycles. The van der Waals surface area contributed by atoms with E-state index < -0.39 is 53.2 Å². The Labute approximate surface area is 177 Å². The van der Waals surface area contributed by atoms with Crippen LogP contribution >= 0.6 is 0 Å². The SMILES string of the molecule is CCC(F)(CCN(C)C(=O)OC(C)(C)C)C(=O)NNC(=O)c1cccc(C(F)(F)F)n1. The summed E-state index contributed by atoms with van der Waals surface area (Å²) in [5.74, 6) is -2.36. The van der Waals surface area contributed by atoms with E-state index in [4.69, 9.17) is 4.74 Å². The van der Waals surface area contributed by atoms with Gasteiger partial charge in [-0.05, 0) is 39.3 Å². The lowest BCUT2D eigenvalue weighted by Gasteiger charge is -2.28. The summed E-state index contributed by atoms with van der Waals surface area (Å²) in [4.78, 5) is 40.4. The molecule has 12 heteroatoms. The molecule has 8 nitrogen and oxygen atoms in total. The maximum absolute atomic E-state index is 15.0. The van der Waals surface area contributed by atoms with E-state index in [1.54, 1.807) is 20.8 Å². The van der Waals surface area contributed by atoms with Crippen LogP contribution in [-0.2, 0) is 15.7 Å². The second kappa shape index (κ2) is 9.92. The summed E-state index contributed by atoms with van der Waals surface area (Å²) >= 11 is 0. The molecule has 1 unspecified atom stereocenters. The molecule has 0 spiro atoms. The van der Waals surface area contributed by atoms with Gasteiger partial charge in [-0.2, -0.15) is 13.2 Å². The first kappa shape index (κ1) is 26.1. The van der Waals surface area contributed by atoms with Crippen molar-refractivity contribution in [3.05, 3.63) is 29.6 Å². The van der Waals surface area contributed by atoms with Gasteiger partial charge in [0.2, 0.25) is 0 Å². The fraction of sp³-hybridized carbons (Fsp3) is 0.579. The molecular weight excluding hydrogens is 424 g/mol. The van der Waals surface area contributed by atoms with Gasteiger partial charge in [-0.25, -0.2) is 14.2 Å². The molecule has 1 heterocycles. The number of halogens is 4. The number of pyridine rings is 1. The highest BCUT2D eigenvalue weighted by molar-refractivity contribution is 5.94. The van der Waals surface area contributed by atoms with Crippen molar-refractivity contribution < 1.29 is 36.7 Å². The van der Waals surface area contributed by atoms with Crippen LogP contribution in [0.25, 0.3) is 0 Å². The van der Waals surface area contributed by atoms with Gasteiger partial charge < -0.3 is 9.64 Å². The van der Waals surface area contributed by atoms with Crippen LogP contribution in [0, 0.1) is 0 Å². The van der Waals surface area contributed by atoms with Crippen molar-refractivity contribution in [3.8, 4) is 0 Å². The summed E-state index contributed by atoms with van der Waals surface area (Å²) in [6.07, 6.45) is -6.13. The number of hydrogen-bond acceptors (Lipinski definition) is 5. The molecule has 0 aliphatic heterocycles. The molecule has 2 N–H and O–H groups in total. The van der Waals surface area contributed by atoms with E-state index in [-0.39, 0.29) is 13.0 Å². The van der Waals surface area contributed by atoms with Gasteiger partial charge in [0.1, 0.15) is 17.0 Å². The lowest BCUT2D eigenvalue weighted by Crippen LogP contribution is -2.52. The smallest absolute Gasteiger partial charge is 0.433 e. The Morgan fingerprint density at radius 3 is 2.23 bits per heavy atom. The highest BCUT2D eigenvalue weighted by Gasteiger charge is 2.38. The average Bonchev–Trinajstić information content (AvgIpc) is 2.67. The lowest BCUT2D eigenvalue weighted by molar-refractivity contribution is -0.141. The number of carbonyl (C=O) groups excluding carboxylic acids is 3. The minimum absolute atomic E-state index is 0.157.